The lowest BCUT2D eigenvalue weighted by Crippen LogP contribution is -2.45. The molecular weight excluding hydrogens is 392 g/mol. The summed E-state index contributed by atoms with van der Waals surface area (Å²) in [5, 5.41) is 0. The average molecular weight is 416 g/mol. The number of nitrogens with zero attached hydrogens (tertiary/aromatic N) is 2. The second-order valence-electron chi connectivity index (χ2n) is 7.01. The van der Waals surface area contributed by atoms with Crippen LogP contribution in [0.2, 0.25) is 0 Å². The maximum atomic E-state index is 13.2. The lowest BCUT2D eigenvalue weighted by molar-refractivity contribution is -0.117. The predicted molar refractivity (Wildman–Crippen MR) is 111 cm³/mol. The van der Waals surface area contributed by atoms with Gasteiger partial charge in [0.1, 0.15) is 19.8 Å². The Bertz CT molecular complexity index is 1020. The van der Waals surface area contributed by atoms with Crippen LogP contribution in [-0.2, 0) is 21.2 Å². The van der Waals surface area contributed by atoms with E-state index in [-0.39, 0.29) is 18.2 Å². The zero-order valence-corrected chi connectivity index (χ0v) is 17.2. The summed E-state index contributed by atoms with van der Waals surface area (Å²) in [7, 11) is -3.66. The van der Waals surface area contributed by atoms with Crippen LogP contribution in [0.15, 0.2) is 42.5 Å². The van der Waals surface area contributed by atoms with E-state index >= 15 is 0 Å². The molecule has 0 N–H and O–H groups in total. The van der Waals surface area contributed by atoms with Crippen molar-refractivity contribution in [3.8, 4) is 11.5 Å². The highest BCUT2D eigenvalue weighted by Gasteiger charge is 2.29. The number of para-hydroxylation sites is 1. The molecule has 0 atom stereocenters. The zero-order chi connectivity index (χ0) is 20.4. The van der Waals surface area contributed by atoms with Gasteiger partial charge >= 0.3 is 0 Å². The van der Waals surface area contributed by atoms with Crippen LogP contribution in [0.5, 0.6) is 11.5 Å². The van der Waals surface area contributed by atoms with Crippen molar-refractivity contribution in [1.82, 2.24) is 0 Å². The molecule has 7 nitrogen and oxygen atoms in total. The monoisotopic (exact) mass is 416 g/mol. The summed E-state index contributed by atoms with van der Waals surface area (Å²) in [6.45, 7) is 2.75. The highest BCUT2D eigenvalue weighted by molar-refractivity contribution is 7.92. The summed E-state index contributed by atoms with van der Waals surface area (Å²) in [5.41, 5.74) is 2.37. The van der Waals surface area contributed by atoms with E-state index in [2.05, 4.69) is 0 Å². The number of ether oxygens (including phenoxy) is 2. The molecule has 29 heavy (non-hydrogen) atoms. The number of aryl methyl sites for hydroxylation is 1. The first-order valence-corrected chi connectivity index (χ1v) is 11.4. The minimum atomic E-state index is -3.66. The number of benzene rings is 2. The van der Waals surface area contributed by atoms with Gasteiger partial charge in [0, 0.05) is 18.3 Å². The van der Waals surface area contributed by atoms with Gasteiger partial charge in [0.2, 0.25) is 15.9 Å². The number of hydrogen-bond acceptors (Lipinski definition) is 5. The van der Waals surface area contributed by atoms with Crippen molar-refractivity contribution >= 4 is 27.3 Å². The summed E-state index contributed by atoms with van der Waals surface area (Å²) in [4.78, 5) is 14.8. The molecule has 2 heterocycles. The van der Waals surface area contributed by atoms with Crippen LogP contribution in [0, 0.1) is 0 Å². The molecule has 0 saturated heterocycles. The second-order valence-corrected chi connectivity index (χ2v) is 9.19. The zero-order valence-electron chi connectivity index (χ0n) is 16.3. The number of carbonyl (C=O) groups is 1. The van der Waals surface area contributed by atoms with E-state index < -0.39 is 10.0 Å². The van der Waals surface area contributed by atoms with Crippen LogP contribution < -0.4 is 18.7 Å². The van der Waals surface area contributed by atoms with Gasteiger partial charge in [0.05, 0.1) is 11.4 Å². The van der Waals surface area contributed by atoms with E-state index in [1.54, 1.807) is 30.0 Å². The largest absolute Gasteiger partial charge is 0.486 e. The molecule has 0 bridgehead atoms. The summed E-state index contributed by atoms with van der Waals surface area (Å²) in [5.74, 6) is 0.709. The van der Waals surface area contributed by atoms with Crippen molar-refractivity contribution in [3.63, 3.8) is 0 Å². The Hall–Kier alpha value is -2.74. The van der Waals surface area contributed by atoms with Crippen LogP contribution in [0.1, 0.15) is 18.9 Å². The van der Waals surface area contributed by atoms with Gasteiger partial charge in [-0.25, -0.2) is 8.42 Å². The Labute approximate surface area is 170 Å². The maximum absolute atomic E-state index is 13.2. The minimum absolute atomic E-state index is 0.106. The topological polar surface area (TPSA) is 76.2 Å². The smallest absolute Gasteiger partial charge is 0.247 e. The average Bonchev–Trinajstić information content (AvgIpc) is 2.76. The molecule has 0 unspecified atom stereocenters. The van der Waals surface area contributed by atoms with Crippen LogP contribution in [0.25, 0.3) is 0 Å². The normalized spacial score (nSPS) is 15.6. The van der Waals surface area contributed by atoms with E-state index in [0.29, 0.717) is 36.9 Å². The number of carbonyl (C=O) groups excluding carboxylic acids is 1. The Morgan fingerprint density at radius 1 is 1.10 bits per heavy atom. The first kappa shape index (κ1) is 19.6. The standard InChI is InChI=1S/C21H24N2O5S/c1-2-29(25,26)23(17-9-10-19-20(14-17)28-13-12-27-19)15-21(24)22-11-5-7-16-6-3-4-8-18(16)22/h3-4,6,8-10,14H,2,5,7,11-13,15H2,1H3. The Morgan fingerprint density at radius 3 is 2.66 bits per heavy atom. The molecule has 8 heteroatoms. The number of sulfonamides is 1. The lowest BCUT2D eigenvalue weighted by Gasteiger charge is -2.32. The van der Waals surface area contributed by atoms with Crippen molar-refractivity contribution in [3.05, 3.63) is 48.0 Å². The third-order valence-corrected chi connectivity index (χ3v) is 6.95. The van der Waals surface area contributed by atoms with Crippen LogP contribution in [-0.4, -0.2) is 46.4 Å². The first-order valence-electron chi connectivity index (χ1n) is 9.78. The molecule has 154 valence electrons. The van der Waals surface area contributed by atoms with Gasteiger partial charge in [-0.15, -0.1) is 0 Å². The molecule has 0 aliphatic carbocycles. The quantitative estimate of drug-likeness (QED) is 0.749. The Balaban J connectivity index is 1.65. The first-order chi connectivity index (χ1) is 14.0. The van der Waals surface area contributed by atoms with Gasteiger partial charge in [0.15, 0.2) is 11.5 Å². The van der Waals surface area contributed by atoms with Crippen LogP contribution in [0.4, 0.5) is 11.4 Å². The van der Waals surface area contributed by atoms with Gasteiger partial charge in [-0.2, -0.15) is 0 Å². The highest BCUT2D eigenvalue weighted by Crippen LogP contribution is 2.35. The molecule has 2 aliphatic heterocycles. The molecule has 0 radical (unpaired) electrons. The number of rotatable bonds is 5. The van der Waals surface area contributed by atoms with Crippen molar-refractivity contribution in [2.75, 3.05) is 41.3 Å². The summed E-state index contributed by atoms with van der Waals surface area (Å²) >= 11 is 0. The molecule has 0 fully saturated rings. The van der Waals surface area contributed by atoms with Crippen LogP contribution >= 0.6 is 0 Å². The third kappa shape index (κ3) is 3.89. The van der Waals surface area contributed by atoms with E-state index in [9.17, 15) is 13.2 Å². The second kappa shape index (κ2) is 7.94. The van der Waals surface area contributed by atoms with Crippen molar-refractivity contribution in [2.24, 2.45) is 0 Å². The van der Waals surface area contributed by atoms with Gasteiger partial charge in [-0.3, -0.25) is 9.10 Å². The fraction of sp³-hybridized carbons (Fsp3) is 0.381. The third-order valence-electron chi connectivity index (χ3n) is 5.20. The fourth-order valence-electron chi connectivity index (χ4n) is 3.69. The molecule has 2 aromatic carbocycles. The minimum Gasteiger partial charge on any atom is -0.486 e. The molecule has 4 rings (SSSR count). The molecule has 1 amide bonds. The van der Waals surface area contributed by atoms with Crippen molar-refractivity contribution < 1.29 is 22.7 Å². The van der Waals surface area contributed by atoms with Gasteiger partial charge in [0.25, 0.3) is 0 Å². The molecule has 2 aliphatic rings. The molecule has 2 aromatic rings. The summed E-state index contributed by atoms with van der Waals surface area (Å²) in [6, 6.07) is 12.7. The number of amides is 1. The van der Waals surface area contributed by atoms with E-state index in [0.717, 1.165) is 24.1 Å². The number of anilines is 2. The Morgan fingerprint density at radius 2 is 1.86 bits per heavy atom. The molecular formula is C21H24N2O5S. The maximum Gasteiger partial charge on any atom is 0.247 e. The van der Waals surface area contributed by atoms with E-state index in [1.165, 1.54) is 4.31 Å². The van der Waals surface area contributed by atoms with Crippen molar-refractivity contribution in [1.29, 1.82) is 0 Å². The fourth-order valence-corrected chi connectivity index (χ4v) is 4.75. The molecule has 0 aromatic heterocycles. The van der Waals surface area contributed by atoms with Gasteiger partial charge < -0.3 is 14.4 Å². The Kier molecular flexibility index (Phi) is 5.36. The SMILES string of the molecule is CCS(=O)(=O)N(CC(=O)N1CCCc2ccccc21)c1ccc2c(c1)OCCO2. The molecule has 0 saturated carbocycles. The van der Waals surface area contributed by atoms with Gasteiger partial charge in [-0.05, 0) is 43.5 Å². The lowest BCUT2D eigenvalue weighted by atomic mass is 10.0. The van der Waals surface area contributed by atoms with Crippen molar-refractivity contribution in [2.45, 2.75) is 19.8 Å². The summed E-state index contributed by atoms with van der Waals surface area (Å²) < 4.78 is 37.9. The van der Waals surface area contributed by atoms with Gasteiger partial charge in [-0.1, -0.05) is 18.2 Å². The van der Waals surface area contributed by atoms with Crippen LogP contribution in [0.3, 0.4) is 0 Å². The number of fused-ring (bicyclic) bond motifs is 2. The van der Waals surface area contributed by atoms with E-state index in [1.807, 2.05) is 24.3 Å². The number of hydrogen-bond donors (Lipinski definition) is 0. The highest BCUT2D eigenvalue weighted by atomic mass is 32.2. The predicted octanol–water partition coefficient (Wildman–Crippen LogP) is 2.59. The van der Waals surface area contributed by atoms with E-state index in [4.69, 9.17) is 9.47 Å². The molecule has 0 spiro atoms. The summed E-state index contributed by atoms with van der Waals surface area (Å²) in [6.07, 6.45) is 1.77.